The summed E-state index contributed by atoms with van der Waals surface area (Å²) in [5.41, 5.74) is 4.45. The molecular weight excluding hydrogens is 275 g/mol. The predicted molar refractivity (Wildman–Crippen MR) is 87.5 cm³/mol. The van der Waals surface area contributed by atoms with Crippen LogP contribution in [-0.4, -0.2) is 23.1 Å². The highest BCUT2D eigenvalue weighted by molar-refractivity contribution is 5.81. The number of aryl methyl sites for hydroxylation is 1. The number of fused-ring (bicyclic) bond motifs is 2. The molecule has 1 atom stereocenters. The van der Waals surface area contributed by atoms with E-state index in [-0.39, 0.29) is 11.7 Å². The molecule has 1 unspecified atom stereocenters. The van der Waals surface area contributed by atoms with E-state index in [2.05, 4.69) is 60.1 Å². The lowest BCUT2D eigenvalue weighted by Crippen LogP contribution is -2.31. The molecule has 0 aliphatic carbocycles. The third-order valence-corrected chi connectivity index (χ3v) is 4.77. The van der Waals surface area contributed by atoms with Gasteiger partial charge in [-0.15, -0.1) is 0 Å². The molecule has 0 saturated carbocycles. The number of aromatic nitrogens is 1. The van der Waals surface area contributed by atoms with Crippen molar-refractivity contribution < 1.29 is 4.39 Å². The minimum Gasteiger partial charge on any atom is -0.351 e. The van der Waals surface area contributed by atoms with Crippen LogP contribution in [0, 0.1) is 5.82 Å². The minimum absolute atomic E-state index is 0.0889. The molecule has 0 amide bonds. The number of halogens is 1. The maximum atomic E-state index is 14.2. The van der Waals surface area contributed by atoms with Crippen molar-refractivity contribution in [1.82, 2.24) is 9.47 Å². The van der Waals surface area contributed by atoms with Gasteiger partial charge in [-0.05, 0) is 41.8 Å². The van der Waals surface area contributed by atoms with E-state index >= 15 is 0 Å². The standard InChI is InChI=1S/C19H19FN2/c1-21-11-16(15-4-3-5-18(20)17(15)12-21)14-7-6-13-8-9-22(2)19(13)10-14/h3-10,16H,11-12H2,1-2H3. The van der Waals surface area contributed by atoms with Crippen LogP contribution in [0.1, 0.15) is 22.6 Å². The fourth-order valence-corrected chi connectivity index (χ4v) is 3.59. The molecular formula is C19H19FN2. The topological polar surface area (TPSA) is 8.17 Å². The molecule has 4 rings (SSSR count). The second kappa shape index (κ2) is 4.96. The Balaban J connectivity index is 1.87. The lowest BCUT2D eigenvalue weighted by Gasteiger charge is -2.32. The largest absolute Gasteiger partial charge is 0.351 e. The first-order chi connectivity index (χ1) is 10.6. The zero-order valence-corrected chi connectivity index (χ0v) is 12.9. The molecule has 1 aromatic heterocycles. The first-order valence-electron chi connectivity index (χ1n) is 7.64. The number of hydrogen-bond acceptors (Lipinski definition) is 1. The summed E-state index contributed by atoms with van der Waals surface area (Å²) in [5, 5.41) is 1.25. The van der Waals surface area contributed by atoms with Gasteiger partial charge in [0.05, 0.1) is 0 Å². The maximum Gasteiger partial charge on any atom is 0.127 e. The molecule has 0 fully saturated rings. The molecule has 1 aliphatic heterocycles. The van der Waals surface area contributed by atoms with Crippen LogP contribution in [0.3, 0.4) is 0 Å². The van der Waals surface area contributed by atoms with Gasteiger partial charge in [0, 0.05) is 43.3 Å². The smallest absolute Gasteiger partial charge is 0.127 e. The maximum absolute atomic E-state index is 14.2. The highest BCUT2D eigenvalue weighted by Gasteiger charge is 2.26. The van der Waals surface area contributed by atoms with E-state index in [1.54, 1.807) is 6.07 Å². The Morgan fingerprint density at radius 3 is 2.82 bits per heavy atom. The van der Waals surface area contributed by atoms with Gasteiger partial charge in [-0.25, -0.2) is 4.39 Å². The van der Waals surface area contributed by atoms with Gasteiger partial charge in [0.1, 0.15) is 5.82 Å². The lowest BCUT2D eigenvalue weighted by atomic mass is 9.84. The van der Waals surface area contributed by atoms with E-state index in [4.69, 9.17) is 0 Å². The Labute approximate surface area is 129 Å². The summed E-state index contributed by atoms with van der Waals surface area (Å²) in [6.07, 6.45) is 2.08. The summed E-state index contributed by atoms with van der Waals surface area (Å²) in [4.78, 5) is 2.20. The van der Waals surface area contributed by atoms with Crippen molar-refractivity contribution in [3.63, 3.8) is 0 Å². The van der Waals surface area contributed by atoms with Crippen molar-refractivity contribution in [2.24, 2.45) is 7.05 Å². The highest BCUT2D eigenvalue weighted by Crippen LogP contribution is 2.35. The summed E-state index contributed by atoms with van der Waals surface area (Å²) in [6, 6.07) is 14.2. The van der Waals surface area contributed by atoms with Crippen LogP contribution < -0.4 is 0 Å². The van der Waals surface area contributed by atoms with E-state index in [0.717, 1.165) is 17.7 Å². The first-order valence-corrected chi connectivity index (χ1v) is 7.64. The molecule has 3 heteroatoms. The van der Waals surface area contributed by atoms with E-state index < -0.39 is 0 Å². The monoisotopic (exact) mass is 294 g/mol. The van der Waals surface area contributed by atoms with Gasteiger partial charge in [0.25, 0.3) is 0 Å². The fraction of sp³-hybridized carbons (Fsp3) is 0.263. The Morgan fingerprint density at radius 2 is 1.95 bits per heavy atom. The van der Waals surface area contributed by atoms with E-state index in [1.165, 1.54) is 16.5 Å². The van der Waals surface area contributed by atoms with Crippen LogP contribution >= 0.6 is 0 Å². The SMILES string of the molecule is CN1Cc2c(F)cccc2C(c2ccc3ccn(C)c3c2)C1. The number of benzene rings is 2. The molecule has 2 nitrogen and oxygen atoms in total. The third-order valence-electron chi connectivity index (χ3n) is 4.77. The van der Waals surface area contributed by atoms with Gasteiger partial charge in [-0.3, -0.25) is 0 Å². The number of rotatable bonds is 1. The average Bonchev–Trinajstić information content (AvgIpc) is 2.88. The van der Waals surface area contributed by atoms with Crippen LogP contribution in [0.4, 0.5) is 4.39 Å². The van der Waals surface area contributed by atoms with Crippen molar-refractivity contribution in [3.05, 3.63) is 71.2 Å². The van der Waals surface area contributed by atoms with Gasteiger partial charge in [0.15, 0.2) is 0 Å². The minimum atomic E-state index is -0.0889. The molecule has 2 aromatic carbocycles. The molecule has 2 heterocycles. The predicted octanol–water partition coefficient (Wildman–Crippen LogP) is 3.89. The molecule has 0 N–H and O–H groups in total. The Morgan fingerprint density at radius 1 is 1.09 bits per heavy atom. The number of nitrogens with zero attached hydrogens (tertiary/aromatic N) is 2. The number of hydrogen-bond donors (Lipinski definition) is 0. The van der Waals surface area contributed by atoms with Crippen molar-refractivity contribution in [1.29, 1.82) is 0 Å². The number of likely N-dealkylation sites (N-methyl/N-ethyl adjacent to an activating group) is 1. The zero-order valence-electron chi connectivity index (χ0n) is 12.9. The molecule has 1 aliphatic rings. The van der Waals surface area contributed by atoms with Gasteiger partial charge in [-0.1, -0.05) is 24.3 Å². The molecule has 22 heavy (non-hydrogen) atoms. The van der Waals surface area contributed by atoms with Gasteiger partial charge >= 0.3 is 0 Å². The molecule has 0 saturated heterocycles. The molecule has 3 aromatic rings. The summed E-state index contributed by atoms with van der Waals surface area (Å²) in [6.45, 7) is 1.61. The van der Waals surface area contributed by atoms with E-state index in [9.17, 15) is 4.39 Å². The van der Waals surface area contributed by atoms with Crippen molar-refractivity contribution >= 4 is 10.9 Å². The van der Waals surface area contributed by atoms with Crippen LogP contribution in [0.15, 0.2) is 48.7 Å². The summed E-state index contributed by atoms with van der Waals surface area (Å²) >= 11 is 0. The normalized spacial score (nSPS) is 18.6. The van der Waals surface area contributed by atoms with E-state index in [1.807, 2.05) is 6.07 Å². The lowest BCUT2D eigenvalue weighted by molar-refractivity contribution is 0.288. The van der Waals surface area contributed by atoms with Gasteiger partial charge < -0.3 is 9.47 Å². The Kier molecular flexibility index (Phi) is 3.05. The molecule has 0 radical (unpaired) electrons. The molecule has 0 spiro atoms. The summed E-state index contributed by atoms with van der Waals surface area (Å²) in [5.74, 6) is 0.137. The molecule has 0 bridgehead atoms. The second-order valence-electron chi connectivity index (χ2n) is 6.30. The quantitative estimate of drug-likeness (QED) is 0.661. The van der Waals surface area contributed by atoms with Crippen molar-refractivity contribution in [2.45, 2.75) is 12.5 Å². The van der Waals surface area contributed by atoms with Crippen LogP contribution in [0.5, 0.6) is 0 Å². The Bertz CT molecular complexity index is 850. The second-order valence-corrected chi connectivity index (χ2v) is 6.30. The summed E-state index contributed by atoms with van der Waals surface area (Å²) in [7, 11) is 4.12. The van der Waals surface area contributed by atoms with Gasteiger partial charge in [0.2, 0.25) is 0 Å². The van der Waals surface area contributed by atoms with Gasteiger partial charge in [-0.2, -0.15) is 0 Å². The first kappa shape index (κ1) is 13.5. The summed E-state index contributed by atoms with van der Waals surface area (Å²) < 4.78 is 16.3. The van der Waals surface area contributed by atoms with Crippen molar-refractivity contribution in [2.75, 3.05) is 13.6 Å². The molecule has 112 valence electrons. The van der Waals surface area contributed by atoms with Crippen molar-refractivity contribution in [3.8, 4) is 0 Å². The van der Waals surface area contributed by atoms with Crippen LogP contribution in [-0.2, 0) is 13.6 Å². The zero-order chi connectivity index (χ0) is 15.3. The Hall–Kier alpha value is -2.13. The van der Waals surface area contributed by atoms with Crippen LogP contribution in [0.2, 0.25) is 0 Å². The fourth-order valence-electron chi connectivity index (χ4n) is 3.59. The van der Waals surface area contributed by atoms with E-state index in [0.29, 0.717) is 6.54 Å². The average molecular weight is 294 g/mol. The third kappa shape index (κ3) is 2.04. The highest BCUT2D eigenvalue weighted by atomic mass is 19.1. The van der Waals surface area contributed by atoms with Crippen LogP contribution in [0.25, 0.3) is 10.9 Å².